The lowest BCUT2D eigenvalue weighted by atomic mass is 10.2. The molecule has 0 aromatic carbocycles. The van der Waals surface area contributed by atoms with Crippen LogP contribution in [0.15, 0.2) is 0 Å². The molecule has 4 rings (SSSR count). The van der Waals surface area contributed by atoms with E-state index in [9.17, 15) is 0 Å². The molecule has 0 spiro atoms. The topological polar surface area (TPSA) is 86.8 Å². The molecule has 2 aromatic rings. The van der Waals surface area contributed by atoms with Gasteiger partial charge in [-0.05, 0) is 37.1 Å². The number of hydrogen-bond acceptors (Lipinski definition) is 7. The quantitative estimate of drug-likeness (QED) is 0.773. The summed E-state index contributed by atoms with van der Waals surface area (Å²) in [5.74, 6) is 2.70. The molecule has 9 nitrogen and oxygen atoms in total. The first-order valence-corrected chi connectivity index (χ1v) is 8.18. The average molecular weight is 318 g/mol. The molecular formula is C14H22N8O. The smallest absolute Gasteiger partial charge is 0.165 e. The van der Waals surface area contributed by atoms with Crippen molar-refractivity contribution in [2.45, 2.75) is 51.9 Å². The molecule has 1 saturated carbocycles. The van der Waals surface area contributed by atoms with Crippen molar-refractivity contribution in [1.29, 1.82) is 0 Å². The zero-order chi connectivity index (χ0) is 15.8. The molecule has 0 amide bonds. The van der Waals surface area contributed by atoms with Crippen molar-refractivity contribution in [1.82, 2.24) is 39.9 Å². The molecule has 2 aliphatic rings. The molecule has 1 saturated heterocycles. The van der Waals surface area contributed by atoms with Crippen molar-refractivity contribution in [2.75, 3.05) is 19.7 Å². The lowest BCUT2D eigenvalue weighted by Gasteiger charge is -2.32. The van der Waals surface area contributed by atoms with Gasteiger partial charge in [-0.2, -0.15) is 5.10 Å². The fourth-order valence-corrected chi connectivity index (χ4v) is 3.08. The molecule has 2 fully saturated rings. The Hall–Kier alpha value is -1.87. The maximum absolute atomic E-state index is 5.90. The van der Waals surface area contributed by atoms with E-state index in [0.29, 0.717) is 6.04 Å². The number of aryl methyl sites for hydroxylation is 2. The zero-order valence-corrected chi connectivity index (χ0v) is 13.6. The molecule has 23 heavy (non-hydrogen) atoms. The number of morpholine rings is 1. The van der Waals surface area contributed by atoms with Crippen molar-refractivity contribution in [3.05, 3.63) is 17.5 Å². The van der Waals surface area contributed by atoms with E-state index in [1.165, 1.54) is 12.8 Å². The predicted molar refractivity (Wildman–Crippen MR) is 80.6 cm³/mol. The number of rotatable bonds is 5. The normalized spacial score (nSPS) is 22.6. The highest BCUT2D eigenvalue weighted by Gasteiger charge is 2.29. The summed E-state index contributed by atoms with van der Waals surface area (Å²) in [5.41, 5.74) is 0. The minimum Gasteiger partial charge on any atom is -0.374 e. The van der Waals surface area contributed by atoms with E-state index in [1.807, 2.05) is 23.2 Å². The lowest BCUT2D eigenvalue weighted by Crippen LogP contribution is -2.44. The summed E-state index contributed by atoms with van der Waals surface area (Å²) < 4.78 is 9.81. The number of aromatic nitrogens is 7. The Bertz CT molecular complexity index is 676. The zero-order valence-electron chi connectivity index (χ0n) is 13.6. The molecule has 1 atom stereocenters. The van der Waals surface area contributed by atoms with Gasteiger partial charge in [0.2, 0.25) is 0 Å². The minimum atomic E-state index is 0.119. The fraction of sp³-hybridized carbons (Fsp3) is 0.786. The average Bonchev–Trinajstić information content (AvgIpc) is 3.18. The molecule has 1 aliphatic heterocycles. The van der Waals surface area contributed by atoms with E-state index < -0.39 is 0 Å². The van der Waals surface area contributed by atoms with E-state index in [-0.39, 0.29) is 6.10 Å². The van der Waals surface area contributed by atoms with Crippen LogP contribution in [0.1, 0.15) is 36.4 Å². The summed E-state index contributed by atoms with van der Waals surface area (Å²) in [7, 11) is 0. The molecule has 3 heterocycles. The second-order valence-electron chi connectivity index (χ2n) is 6.39. The molecule has 2 aromatic heterocycles. The predicted octanol–water partition coefficient (Wildman–Crippen LogP) is 0.117. The van der Waals surface area contributed by atoms with Gasteiger partial charge in [0.25, 0.3) is 0 Å². The SMILES string of the molecule is Cc1nc(C)n(C[C@H]2CN(Cc3nnnn3C3CC3)CCO2)n1. The molecule has 1 aliphatic carbocycles. The van der Waals surface area contributed by atoms with Crippen LogP contribution in [0, 0.1) is 13.8 Å². The van der Waals surface area contributed by atoms with Crippen LogP contribution in [-0.2, 0) is 17.8 Å². The highest BCUT2D eigenvalue weighted by atomic mass is 16.5. The Morgan fingerprint density at radius 3 is 2.87 bits per heavy atom. The molecule has 0 unspecified atom stereocenters. The van der Waals surface area contributed by atoms with Gasteiger partial charge in [0.1, 0.15) is 11.6 Å². The van der Waals surface area contributed by atoms with Crippen molar-refractivity contribution < 1.29 is 4.74 Å². The van der Waals surface area contributed by atoms with Crippen LogP contribution in [0.4, 0.5) is 0 Å². The molecule has 0 N–H and O–H groups in total. The largest absolute Gasteiger partial charge is 0.374 e. The Morgan fingerprint density at radius 1 is 1.26 bits per heavy atom. The van der Waals surface area contributed by atoms with Gasteiger partial charge in [0, 0.05) is 13.1 Å². The first-order chi connectivity index (χ1) is 11.2. The summed E-state index contributed by atoms with van der Waals surface area (Å²) >= 11 is 0. The third-order valence-electron chi connectivity index (χ3n) is 4.38. The van der Waals surface area contributed by atoms with Crippen LogP contribution in [0.2, 0.25) is 0 Å². The van der Waals surface area contributed by atoms with Crippen LogP contribution in [0.5, 0.6) is 0 Å². The summed E-state index contributed by atoms with van der Waals surface area (Å²) in [5, 5.41) is 16.6. The van der Waals surface area contributed by atoms with E-state index in [1.54, 1.807) is 0 Å². The van der Waals surface area contributed by atoms with E-state index in [0.717, 1.165) is 50.3 Å². The lowest BCUT2D eigenvalue weighted by molar-refractivity contribution is -0.0415. The second-order valence-corrected chi connectivity index (χ2v) is 6.39. The number of nitrogens with zero attached hydrogens (tertiary/aromatic N) is 8. The van der Waals surface area contributed by atoms with Gasteiger partial charge in [0.05, 0.1) is 31.8 Å². The summed E-state index contributed by atoms with van der Waals surface area (Å²) in [6, 6.07) is 0.512. The van der Waals surface area contributed by atoms with Crippen molar-refractivity contribution in [2.24, 2.45) is 0 Å². The van der Waals surface area contributed by atoms with Gasteiger partial charge in [-0.1, -0.05) is 0 Å². The van der Waals surface area contributed by atoms with Crippen molar-refractivity contribution in [3.8, 4) is 0 Å². The Kier molecular flexibility index (Phi) is 3.82. The monoisotopic (exact) mass is 318 g/mol. The Labute approximate surface area is 134 Å². The molecule has 124 valence electrons. The van der Waals surface area contributed by atoms with Crippen LogP contribution < -0.4 is 0 Å². The Morgan fingerprint density at radius 2 is 2.13 bits per heavy atom. The highest BCUT2D eigenvalue weighted by molar-refractivity contribution is 4.92. The standard InChI is InChI=1S/C14H22N8O/c1-10-15-11(2)21(17-10)8-13-7-20(5-6-23-13)9-14-16-18-19-22(14)12-3-4-12/h12-13H,3-9H2,1-2H3/t13-/m1/s1. The maximum Gasteiger partial charge on any atom is 0.165 e. The Balaban J connectivity index is 1.38. The summed E-state index contributed by atoms with van der Waals surface area (Å²) in [4.78, 5) is 6.71. The molecule has 9 heteroatoms. The first kappa shape index (κ1) is 14.7. The van der Waals surface area contributed by atoms with Gasteiger partial charge < -0.3 is 4.74 Å². The van der Waals surface area contributed by atoms with Gasteiger partial charge in [-0.3, -0.25) is 4.90 Å². The third-order valence-corrected chi connectivity index (χ3v) is 4.38. The van der Waals surface area contributed by atoms with Crippen LogP contribution in [0.25, 0.3) is 0 Å². The number of hydrogen-bond donors (Lipinski definition) is 0. The molecule has 0 radical (unpaired) electrons. The maximum atomic E-state index is 5.90. The summed E-state index contributed by atoms with van der Waals surface area (Å²) in [6.07, 6.45) is 2.50. The number of tetrazole rings is 1. The van der Waals surface area contributed by atoms with E-state index in [2.05, 4.69) is 30.5 Å². The molecule has 0 bridgehead atoms. The van der Waals surface area contributed by atoms with Crippen LogP contribution in [0.3, 0.4) is 0 Å². The minimum absolute atomic E-state index is 0.119. The van der Waals surface area contributed by atoms with Gasteiger partial charge >= 0.3 is 0 Å². The van der Waals surface area contributed by atoms with Crippen molar-refractivity contribution >= 4 is 0 Å². The molecular weight excluding hydrogens is 296 g/mol. The number of ether oxygens (including phenoxy) is 1. The van der Waals surface area contributed by atoms with E-state index >= 15 is 0 Å². The van der Waals surface area contributed by atoms with E-state index in [4.69, 9.17) is 4.74 Å². The van der Waals surface area contributed by atoms with Crippen LogP contribution in [-0.4, -0.2) is 65.7 Å². The fourth-order valence-electron chi connectivity index (χ4n) is 3.08. The highest BCUT2D eigenvalue weighted by Crippen LogP contribution is 2.34. The van der Waals surface area contributed by atoms with Gasteiger partial charge in [-0.25, -0.2) is 14.3 Å². The summed E-state index contributed by atoms with van der Waals surface area (Å²) in [6.45, 7) is 7.89. The van der Waals surface area contributed by atoms with Crippen LogP contribution >= 0.6 is 0 Å². The van der Waals surface area contributed by atoms with Gasteiger partial charge in [0.15, 0.2) is 5.82 Å². The second kappa shape index (κ2) is 5.97. The van der Waals surface area contributed by atoms with Crippen molar-refractivity contribution in [3.63, 3.8) is 0 Å². The third kappa shape index (κ3) is 3.25. The first-order valence-electron chi connectivity index (χ1n) is 8.18. The van der Waals surface area contributed by atoms with Gasteiger partial charge in [-0.15, -0.1) is 5.10 Å².